The lowest BCUT2D eigenvalue weighted by Gasteiger charge is -2.33. The summed E-state index contributed by atoms with van der Waals surface area (Å²) in [4.78, 5) is 0. The van der Waals surface area contributed by atoms with Gasteiger partial charge in [0.05, 0.1) is 7.11 Å². The molecule has 0 amide bonds. The summed E-state index contributed by atoms with van der Waals surface area (Å²) in [5.41, 5.74) is 1.21. The van der Waals surface area contributed by atoms with Crippen molar-refractivity contribution < 1.29 is 13.5 Å². The number of alkyl halides is 2. The molecule has 1 unspecified atom stereocenters. The van der Waals surface area contributed by atoms with Crippen molar-refractivity contribution >= 4 is 0 Å². The van der Waals surface area contributed by atoms with Gasteiger partial charge in [-0.3, -0.25) is 0 Å². The Labute approximate surface area is 119 Å². The van der Waals surface area contributed by atoms with Gasteiger partial charge in [-0.25, -0.2) is 8.78 Å². The highest BCUT2D eigenvalue weighted by Crippen LogP contribution is 2.38. The molecule has 1 aromatic rings. The molecule has 2 nitrogen and oxygen atoms in total. The van der Waals surface area contributed by atoms with Crippen molar-refractivity contribution in [3.05, 3.63) is 29.8 Å². The first kappa shape index (κ1) is 15.2. The molecule has 112 valence electrons. The molecular formula is C16H23F2NO. The van der Waals surface area contributed by atoms with E-state index in [1.807, 2.05) is 31.3 Å². The number of hydrogen-bond acceptors (Lipinski definition) is 2. The van der Waals surface area contributed by atoms with Gasteiger partial charge in [0.1, 0.15) is 5.75 Å². The Bertz CT molecular complexity index is 409. The molecule has 1 aromatic carbocycles. The van der Waals surface area contributed by atoms with E-state index in [9.17, 15) is 8.78 Å². The van der Waals surface area contributed by atoms with E-state index < -0.39 is 5.92 Å². The molecule has 1 aliphatic carbocycles. The number of methoxy groups -OCH3 is 1. The van der Waals surface area contributed by atoms with Gasteiger partial charge in [0.25, 0.3) is 0 Å². The van der Waals surface area contributed by atoms with E-state index in [-0.39, 0.29) is 18.9 Å². The van der Waals surface area contributed by atoms with Crippen LogP contribution in [0, 0.1) is 5.92 Å². The third kappa shape index (κ3) is 3.92. The molecule has 0 aromatic heterocycles. The van der Waals surface area contributed by atoms with Crippen molar-refractivity contribution in [3.63, 3.8) is 0 Å². The lowest BCUT2D eigenvalue weighted by Crippen LogP contribution is -2.39. The van der Waals surface area contributed by atoms with E-state index in [1.165, 1.54) is 5.56 Å². The van der Waals surface area contributed by atoms with Crippen LogP contribution < -0.4 is 10.1 Å². The first-order valence-corrected chi connectivity index (χ1v) is 7.22. The van der Waals surface area contributed by atoms with Gasteiger partial charge in [-0.2, -0.15) is 0 Å². The highest BCUT2D eigenvalue weighted by molar-refractivity contribution is 5.27. The second-order valence-electron chi connectivity index (χ2n) is 5.64. The van der Waals surface area contributed by atoms with Crippen molar-refractivity contribution in [2.24, 2.45) is 5.92 Å². The van der Waals surface area contributed by atoms with Gasteiger partial charge in [0.15, 0.2) is 0 Å². The third-order valence-electron chi connectivity index (χ3n) is 4.32. The maximum absolute atomic E-state index is 13.2. The normalized spacial score (nSPS) is 20.6. The molecule has 0 spiro atoms. The van der Waals surface area contributed by atoms with E-state index in [2.05, 4.69) is 5.32 Å². The molecule has 20 heavy (non-hydrogen) atoms. The minimum atomic E-state index is -2.45. The van der Waals surface area contributed by atoms with Gasteiger partial charge < -0.3 is 10.1 Å². The predicted octanol–water partition coefficient (Wildman–Crippen LogP) is 3.65. The molecule has 4 heteroatoms. The van der Waals surface area contributed by atoms with Crippen LogP contribution in [0.15, 0.2) is 24.3 Å². The Morgan fingerprint density at radius 1 is 1.25 bits per heavy atom. The molecule has 1 fully saturated rings. The van der Waals surface area contributed by atoms with Crippen molar-refractivity contribution in [1.82, 2.24) is 5.32 Å². The Kier molecular flexibility index (Phi) is 4.97. The molecule has 0 radical (unpaired) electrons. The van der Waals surface area contributed by atoms with E-state index >= 15 is 0 Å². The number of halogens is 2. The summed E-state index contributed by atoms with van der Waals surface area (Å²) in [5.74, 6) is -1.27. The lowest BCUT2D eigenvalue weighted by molar-refractivity contribution is -0.0492. The molecule has 0 bridgehead atoms. The Morgan fingerprint density at radius 3 is 2.35 bits per heavy atom. The van der Waals surface area contributed by atoms with Gasteiger partial charge in [-0.15, -0.1) is 0 Å². The largest absolute Gasteiger partial charge is 0.497 e. The standard InChI is InChI=1S/C16H23F2NO/c1-19-15(13-7-9-16(17,18)10-8-13)11-12-3-5-14(20-2)6-4-12/h3-6,13,15,19H,7-11H2,1-2H3. The number of rotatable bonds is 5. The molecule has 2 rings (SSSR count). The van der Waals surface area contributed by atoms with Crippen molar-refractivity contribution in [3.8, 4) is 5.75 Å². The van der Waals surface area contributed by atoms with Crippen LogP contribution in [0.4, 0.5) is 8.78 Å². The maximum atomic E-state index is 13.2. The van der Waals surface area contributed by atoms with Gasteiger partial charge in [0, 0.05) is 18.9 Å². The number of hydrogen-bond donors (Lipinski definition) is 1. The summed E-state index contributed by atoms with van der Waals surface area (Å²) in [6.45, 7) is 0. The summed E-state index contributed by atoms with van der Waals surface area (Å²) in [6.07, 6.45) is 2.14. The minimum absolute atomic E-state index is 0.0262. The zero-order chi connectivity index (χ0) is 14.6. The average Bonchev–Trinajstić information content (AvgIpc) is 2.46. The number of nitrogens with one attached hydrogen (secondary N) is 1. The summed E-state index contributed by atoms with van der Waals surface area (Å²) in [5, 5.41) is 3.30. The molecule has 1 N–H and O–H groups in total. The summed E-state index contributed by atoms with van der Waals surface area (Å²) in [7, 11) is 3.56. The second-order valence-corrected chi connectivity index (χ2v) is 5.64. The first-order valence-electron chi connectivity index (χ1n) is 7.22. The molecule has 0 saturated heterocycles. The van der Waals surface area contributed by atoms with Crippen LogP contribution in [-0.4, -0.2) is 26.1 Å². The van der Waals surface area contributed by atoms with Gasteiger partial charge in [-0.05, 0) is 49.9 Å². The van der Waals surface area contributed by atoms with Crippen LogP contribution in [0.25, 0.3) is 0 Å². The Morgan fingerprint density at radius 2 is 1.85 bits per heavy atom. The first-order chi connectivity index (χ1) is 9.54. The molecule has 1 aliphatic rings. The lowest BCUT2D eigenvalue weighted by atomic mass is 9.80. The summed E-state index contributed by atoms with van der Waals surface area (Å²) >= 11 is 0. The third-order valence-corrected chi connectivity index (χ3v) is 4.32. The van der Waals surface area contributed by atoms with Crippen LogP contribution in [0.1, 0.15) is 31.2 Å². The highest BCUT2D eigenvalue weighted by Gasteiger charge is 2.37. The van der Waals surface area contributed by atoms with Crippen LogP contribution in [0.2, 0.25) is 0 Å². The quantitative estimate of drug-likeness (QED) is 0.890. The zero-order valence-electron chi connectivity index (χ0n) is 12.2. The van der Waals surface area contributed by atoms with Crippen LogP contribution in [-0.2, 0) is 6.42 Å². The number of benzene rings is 1. The second kappa shape index (κ2) is 6.53. The van der Waals surface area contributed by atoms with E-state index in [4.69, 9.17) is 4.74 Å². The molecule has 0 heterocycles. The molecular weight excluding hydrogens is 260 g/mol. The monoisotopic (exact) mass is 283 g/mol. The van der Waals surface area contributed by atoms with E-state index in [1.54, 1.807) is 7.11 Å². The van der Waals surface area contributed by atoms with E-state index in [0.717, 1.165) is 12.2 Å². The fourth-order valence-corrected chi connectivity index (χ4v) is 2.98. The van der Waals surface area contributed by atoms with Crippen molar-refractivity contribution in [2.45, 2.75) is 44.1 Å². The van der Waals surface area contributed by atoms with E-state index in [0.29, 0.717) is 18.8 Å². The van der Waals surface area contributed by atoms with Crippen molar-refractivity contribution in [1.29, 1.82) is 0 Å². The van der Waals surface area contributed by atoms with Crippen molar-refractivity contribution in [2.75, 3.05) is 14.2 Å². The molecule has 0 aliphatic heterocycles. The smallest absolute Gasteiger partial charge is 0.248 e. The molecule has 1 saturated carbocycles. The van der Waals surface area contributed by atoms with Crippen LogP contribution in [0.3, 0.4) is 0 Å². The Hall–Kier alpha value is -1.16. The fraction of sp³-hybridized carbons (Fsp3) is 0.625. The van der Waals surface area contributed by atoms with Gasteiger partial charge in [0.2, 0.25) is 5.92 Å². The number of ether oxygens (including phenoxy) is 1. The SMILES string of the molecule is CNC(Cc1ccc(OC)cc1)C1CCC(F)(F)CC1. The zero-order valence-corrected chi connectivity index (χ0v) is 12.2. The average molecular weight is 283 g/mol. The highest BCUT2D eigenvalue weighted by atomic mass is 19.3. The number of likely N-dealkylation sites (N-methyl/N-ethyl adjacent to an activating group) is 1. The molecule has 1 atom stereocenters. The summed E-state index contributed by atoms with van der Waals surface area (Å²) in [6, 6.07) is 8.23. The predicted molar refractivity (Wildman–Crippen MR) is 76.5 cm³/mol. The Balaban J connectivity index is 1.94. The van der Waals surface area contributed by atoms with Gasteiger partial charge in [-0.1, -0.05) is 12.1 Å². The summed E-state index contributed by atoms with van der Waals surface area (Å²) < 4.78 is 31.6. The fourth-order valence-electron chi connectivity index (χ4n) is 2.98. The van der Waals surface area contributed by atoms with Gasteiger partial charge >= 0.3 is 0 Å². The van der Waals surface area contributed by atoms with Crippen LogP contribution >= 0.6 is 0 Å². The topological polar surface area (TPSA) is 21.3 Å². The minimum Gasteiger partial charge on any atom is -0.497 e. The van der Waals surface area contributed by atoms with Crippen LogP contribution in [0.5, 0.6) is 5.75 Å². The maximum Gasteiger partial charge on any atom is 0.248 e.